The van der Waals surface area contributed by atoms with Crippen molar-refractivity contribution < 1.29 is 9.53 Å². The second kappa shape index (κ2) is 6.75. The molecule has 1 saturated carbocycles. The lowest BCUT2D eigenvalue weighted by Crippen LogP contribution is -2.27. The third kappa shape index (κ3) is 4.17. The summed E-state index contributed by atoms with van der Waals surface area (Å²) < 4.78 is 4.93. The summed E-state index contributed by atoms with van der Waals surface area (Å²) in [6.45, 7) is 4.63. The van der Waals surface area contributed by atoms with Crippen LogP contribution in [0.1, 0.15) is 38.3 Å². The molecule has 1 saturated heterocycles. The number of aryl methyl sites for hydroxylation is 1. The van der Waals surface area contributed by atoms with E-state index in [1.54, 1.807) is 11.3 Å². The Hall–Kier alpha value is -1.14. The van der Waals surface area contributed by atoms with E-state index in [0.29, 0.717) is 25.5 Å². The van der Waals surface area contributed by atoms with E-state index in [1.807, 2.05) is 12.3 Å². The number of hydrogen-bond acceptors (Lipinski definition) is 6. The van der Waals surface area contributed by atoms with E-state index >= 15 is 0 Å². The van der Waals surface area contributed by atoms with Gasteiger partial charge in [-0.2, -0.15) is 0 Å². The van der Waals surface area contributed by atoms with Crippen molar-refractivity contribution in [1.82, 2.24) is 9.88 Å². The molecule has 6 heteroatoms. The van der Waals surface area contributed by atoms with Crippen LogP contribution in [0.5, 0.6) is 0 Å². The smallest absolute Gasteiger partial charge is 0.306 e. The lowest BCUT2D eigenvalue weighted by atomic mass is 10.2. The number of rotatable bonds is 7. The molecule has 1 aromatic heterocycles. The van der Waals surface area contributed by atoms with Crippen molar-refractivity contribution in [3.63, 3.8) is 0 Å². The molecular weight excluding hydrogens is 286 g/mol. The lowest BCUT2D eigenvalue weighted by molar-refractivity contribution is -0.143. The van der Waals surface area contributed by atoms with Crippen LogP contribution in [0.25, 0.3) is 0 Å². The molecule has 1 aliphatic carbocycles. The summed E-state index contributed by atoms with van der Waals surface area (Å²) in [5.74, 6) is -0.143. The highest BCUT2D eigenvalue weighted by Crippen LogP contribution is 2.31. The Labute approximate surface area is 129 Å². The summed E-state index contributed by atoms with van der Waals surface area (Å²) in [5.41, 5.74) is 0.979. The minimum absolute atomic E-state index is 0.143. The van der Waals surface area contributed by atoms with Gasteiger partial charge in [0.25, 0.3) is 0 Å². The normalized spacial score (nSPS) is 22.4. The van der Waals surface area contributed by atoms with Gasteiger partial charge < -0.3 is 10.1 Å². The van der Waals surface area contributed by atoms with Gasteiger partial charge in [0.1, 0.15) is 0 Å². The highest BCUT2D eigenvalue weighted by molar-refractivity contribution is 7.13. The maximum atomic E-state index is 11.3. The van der Waals surface area contributed by atoms with Gasteiger partial charge in [0, 0.05) is 37.0 Å². The maximum absolute atomic E-state index is 11.3. The first kappa shape index (κ1) is 14.8. The van der Waals surface area contributed by atoms with Gasteiger partial charge >= 0.3 is 5.97 Å². The minimum atomic E-state index is -0.143. The zero-order valence-electron chi connectivity index (χ0n) is 12.5. The second-order valence-electron chi connectivity index (χ2n) is 5.81. The Bertz CT molecular complexity index is 487. The molecule has 116 valence electrons. The number of aromatic nitrogens is 1. The summed E-state index contributed by atoms with van der Waals surface area (Å²) in [6, 6.07) is 1.38. The number of ether oxygens (including phenoxy) is 1. The van der Waals surface area contributed by atoms with Crippen LogP contribution in [-0.4, -0.2) is 47.6 Å². The first-order valence-electron chi connectivity index (χ1n) is 7.85. The first-order valence-corrected chi connectivity index (χ1v) is 8.73. The van der Waals surface area contributed by atoms with Gasteiger partial charge in [0.2, 0.25) is 0 Å². The average molecular weight is 309 g/mol. The molecule has 1 atom stereocenters. The standard InChI is InChI=1S/C15H23N3O2S/c1-2-20-14(19)6-3-12-10-21-15(17-12)16-11-7-8-18(9-11)13-4-5-13/h10-11,13H,2-9H2,1H3,(H,16,17). The van der Waals surface area contributed by atoms with Gasteiger partial charge in [-0.15, -0.1) is 11.3 Å². The summed E-state index contributed by atoms with van der Waals surface area (Å²) in [7, 11) is 0. The highest BCUT2D eigenvalue weighted by atomic mass is 32.1. The molecule has 0 radical (unpaired) electrons. The lowest BCUT2D eigenvalue weighted by Gasteiger charge is -2.15. The number of hydrogen-bond donors (Lipinski definition) is 1. The minimum Gasteiger partial charge on any atom is -0.466 e. The number of likely N-dealkylation sites (tertiary alicyclic amines) is 1. The number of thiazole rings is 1. The number of nitrogens with zero attached hydrogens (tertiary/aromatic N) is 2. The molecule has 0 aromatic carbocycles. The van der Waals surface area contributed by atoms with Crippen molar-refractivity contribution in [3.8, 4) is 0 Å². The molecule has 2 aliphatic rings. The molecule has 2 fully saturated rings. The van der Waals surface area contributed by atoms with Gasteiger partial charge in [-0.05, 0) is 26.2 Å². The van der Waals surface area contributed by atoms with E-state index in [4.69, 9.17) is 4.74 Å². The van der Waals surface area contributed by atoms with Crippen molar-refractivity contribution in [1.29, 1.82) is 0 Å². The predicted octanol–water partition coefficient (Wildman–Crippen LogP) is 2.29. The molecule has 0 bridgehead atoms. The third-order valence-corrected chi connectivity index (χ3v) is 4.88. The molecule has 2 heterocycles. The topological polar surface area (TPSA) is 54.5 Å². The number of nitrogens with one attached hydrogen (secondary N) is 1. The quantitative estimate of drug-likeness (QED) is 0.783. The van der Waals surface area contributed by atoms with Crippen molar-refractivity contribution in [2.45, 2.75) is 51.1 Å². The van der Waals surface area contributed by atoms with E-state index in [0.717, 1.165) is 23.4 Å². The van der Waals surface area contributed by atoms with E-state index in [9.17, 15) is 4.79 Å². The Kier molecular flexibility index (Phi) is 4.75. The number of esters is 1. The average Bonchev–Trinajstić information content (AvgIpc) is 3.05. The van der Waals surface area contributed by atoms with Gasteiger partial charge in [-0.3, -0.25) is 9.69 Å². The molecule has 0 amide bonds. The van der Waals surface area contributed by atoms with E-state index in [-0.39, 0.29) is 5.97 Å². The van der Waals surface area contributed by atoms with Crippen molar-refractivity contribution >= 4 is 22.4 Å². The second-order valence-corrected chi connectivity index (χ2v) is 6.66. The first-order chi connectivity index (χ1) is 10.2. The highest BCUT2D eigenvalue weighted by Gasteiger charge is 2.34. The predicted molar refractivity (Wildman–Crippen MR) is 83.7 cm³/mol. The van der Waals surface area contributed by atoms with Crippen LogP contribution in [0, 0.1) is 0 Å². The number of carbonyl (C=O) groups excluding carboxylic acids is 1. The summed E-state index contributed by atoms with van der Waals surface area (Å²) in [5, 5.41) is 6.56. The Morgan fingerprint density at radius 3 is 3.14 bits per heavy atom. The summed E-state index contributed by atoms with van der Waals surface area (Å²) >= 11 is 1.63. The Balaban J connectivity index is 1.43. The van der Waals surface area contributed by atoms with Crippen LogP contribution in [-0.2, 0) is 16.0 Å². The van der Waals surface area contributed by atoms with Crippen molar-refractivity contribution in [2.24, 2.45) is 0 Å². The molecular formula is C15H23N3O2S. The number of anilines is 1. The largest absolute Gasteiger partial charge is 0.466 e. The zero-order valence-corrected chi connectivity index (χ0v) is 13.3. The van der Waals surface area contributed by atoms with Crippen molar-refractivity contribution in [3.05, 3.63) is 11.1 Å². The summed E-state index contributed by atoms with van der Waals surface area (Å²) in [6.07, 6.45) is 5.03. The van der Waals surface area contributed by atoms with Crippen LogP contribution in [0.3, 0.4) is 0 Å². The van der Waals surface area contributed by atoms with E-state index in [2.05, 4.69) is 15.2 Å². The maximum Gasteiger partial charge on any atom is 0.306 e. The monoisotopic (exact) mass is 309 g/mol. The number of carbonyl (C=O) groups is 1. The van der Waals surface area contributed by atoms with Crippen LogP contribution >= 0.6 is 11.3 Å². The van der Waals surface area contributed by atoms with Gasteiger partial charge in [-0.1, -0.05) is 0 Å². The van der Waals surface area contributed by atoms with Crippen LogP contribution < -0.4 is 5.32 Å². The van der Waals surface area contributed by atoms with Gasteiger partial charge in [0.15, 0.2) is 5.13 Å². The van der Waals surface area contributed by atoms with Crippen molar-refractivity contribution in [2.75, 3.05) is 25.0 Å². The molecule has 1 unspecified atom stereocenters. The fourth-order valence-electron chi connectivity index (χ4n) is 2.80. The SMILES string of the molecule is CCOC(=O)CCc1csc(NC2CCN(C3CC3)C2)n1. The van der Waals surface area contributed by atoms with E-state index < -0.39 is 0 Å². The fraction of sp³-hybridized carbons (Fsp3) is 0.733. The Morgan fingerprint density at radius 2 is 2.38 bits per heavy atom. The molecule has 1 N–H and O–H groups in total. The van der Waals surface area contributed by atoms with Crippen LogP contribution in [0.2, 0.25) is 0 Å². The molecule has 0 spiro atoms. The molecule has 1 aromatic rings. The molecule has 5 nitrogen and oxygen atoms in total. The summed E-state index contributed by atoms with van der Waals surface area (Å²) in [4.78, 5) is 18.5. The Morgan fingerprint density at radius 1 is 1.52 bits per heavy atom. The molecule has 1 aliphatic heterocycles. The van der Waals surface area contributed by atoms with Gasteiger partial charge in [0.05, 0.1) is 18.7 Å². The molecule has 3 rings (SSSR count). The van der Waals surface area contributed by atoms with Crippen LogP contribution in [0.15, 0.2) is 5.38 Å². The third-order valence-electron chi connectivity index (χ3n) is 4.05. The molecule has 21 heavy (non-hydrogen) atoms. The van der Waals surface area contributed by atoms with E-state index in [1.165, 1.54) is 25.8 Å². The van der Waals surface area contributed by atoms with Gasteiger partial charge in [-0.25, -0.2) is 4.98 Å². The fourth-order valence-corrected chi connectivity index (χ4v) is 3.63. The zero-order chi connectivity index (χ0) is 14.7. The van der Waals surface area contributed by atoms with Crippen LogP contribution in [0.4, 0.5) is 5.13 Å².